The largest absolute Gasteiger partial charge is 0.306 e. The summed E-state index contributed by atoms with van der Waals surface area (Å²) >= 11 is 0. The van der Waals surface area contributed by atoms with E-state index >= 15 is 0 Å². The number of hydrogen-bond acceptors (Lipinski definition) is 4. The monoisotopic (exact) mass is 267 g/mol. The first-order chi connectivity index (χ1) is 9.79. The van der Waals surface area contributed by atoms with Gasteiger partial charge in [-0.3, -0.25) is 9.97 Å². The van der Waals surface area contributed by atoms with Crippen molar-refractivity contribution in [1.29, 1.82) is 0 Å². The summed E-state index contributed by atoms with van der Waals surface area (Å²) in [7, 11) is 0. The zero-order valence-corrected chi connectivity index (χ0v) is 11.6. The van der Waals surface area contributed by atoms with Crippen LogP contribution < -0.4 is 5.32 Å². The number of fused-ring (bicyclic) bond motifs is 1. The third kappa shape index (κ3) is 2.28. The fourth-order valence-electron chi connectivity index (χ4n) is 2.34. The number of aryl methyl sites for hydroxylation is 1. The minimum absolute atomic E-state index is 0.0785. The molecule has 3 aromatic heterocycles. The van der Waals surface area contributed by atoms with Gasteiger partial charge in [-0.2, -0.15) is 5.10 Å². The van der Waals surface area contributed by atoms with Crippen LogP contribution in [0.3, 0.4) is 0 Å². The van der Waals surface area contributed by atoms with E-state index in [4.69, 9.17) is 0 Å². The highest BCUT2D eigenvalue weighted by Crippen LogP contribution is 2.24. The highest BCUT2D eigenvalue weighted by molar-refractivity contribution is 5.55. The molecule has 20 heavy (non-hydrogen) atoms. The molecule has 5 heteroatoms. The zero-order valence-electron chi connectivity index (χ0n) is 11.6. The molecule has 0 bridgehead atoms. The molecule has 3 rings (SSSR count). The summed E-state index contributed by atoms with van der Waals surface area (Å²) in [6, 6.07) is 4.22. The maximum absolute atomic E-state index is 4.39. The Bertz CT molecular complexity index is 702. The van der Waals surface area contributed by atoms with Crippen molar-refractivity contribution in [2.24, 2.45) is 0 Å². The highest BCUT2D eigenvalue weighted by Gasteiger charge is 2.17. The van der Waals surface area contributed by atoms with Gasteiger partial charge in [0.25, 0.3) is 0 Å². The molecule has 0 amide bonds. The van der Waals surface area contributed by atoms with Gasteiger partial charge in [0.2, 0.25) is 0 Å². The van der Waals surface area contributed by atoms with E-state index in [1.807, 2.05) is 42.3 Å². The number of nitrogens with zero attached hydrogens (tertiary/aromatic N) is 4. The molecule has 5 nitrogen and oxygen atoms in total. The number of rotatable bonds is 4. The van der Waals surface area contributed by atoms with Crippen LogP contribution in [0.25, 0.3) is 5.52 Å². The van der Waals surface area contributed by atoms with Gasteiger partial charge in [-0.1, -0.05) is 13.0 Å². The number of nitrogens with one attached hydrogen (secondary N) is 1. The van der Waals surface area contributed by atoms with Gasteiger partial charge in [0, 0.05) is 29.8 Å². The topological polar surface area (TPSA) is 55.1 Å². The van der Waals surface area contributed by atoms with Crippen molar-refractivity contribution in [2.75, 3.05) is 6.54 Å². The van der Waals surface area contributed by atoms with E-state index in [1.54, 1.807) is 6.20 Å². The average molecular weight is 267 g/mol. The molecule has 3 heterocycles. The van der Waals surface area contributed by atoms with Crippen LogP contribution in [-0.4, -0.2) is 26.1 Å². The molecular formula is C15H17N5. The lowest BCUT2D eigenvalue weighted by Crippen LogP contribution is -2.22. The molecule has 0 aliphatic carbocycles. The Balaban J connectivity index is 2.08. The molecule has 0 saturated carbocycles. The second-order valence-corrected chi connectivity index (χ2v) is 4.73. The van der Waals surface area contributed by atoms with Crippen LogP contribution in [0.1, 0.15) is 29.8 Å². The Morgan fingerprint density at radius 3 is 2.90 bits per heavy atom. The van der Waals surface area contributed by atoms with Crippen LogP contribution in [0.15, 0.2) is 43.1 Å². The van der Waals surface area contributed by atoms with Crippen molar-refractivity contribution in [2.45, 2.75) is 19.9 Å². The molecule has 3 aromatic rings. The number of hydrogen-bond donors (Lipinski definition) is 1. The molecule has 0 aliphatic heterocycles. The fraction of sp³-hybridized carbons (Fsp3) is 0.267. The average Bonchev–Trinajstić information content (AvgIpc) is 2.90. The number of pyridine rings is 1. The van der Waals surface area contributed by atoms with E-state index in [0.717, 1.165) is 28.9 Å². The van der Waals surface area contributed by atoms with Gasteiger partial charge in [-0.05, 0) is 25.1 Å². The maximum atomic E-state index is 4.39. The van der Waals surface area contributed by atoms with Crippen molar-refractivity contribution in [3.8, 4) is 0 Å². The van der Waals surface area contributed by atoms with Crippen molar-refractivity contribution in [3.05, 3.63) is 59.9 Å². The van der Waals surface area contributed by atoms with Gasteiger partial charge >= 0.3 is 0 Å². The molecular weight excluding hydrogens is 250 g/mol. The highest BCUT2D eigenvalue weighted by atomic mass is 15.2. The minimum Gasteiger partial charge on any atom is -0.306 e. The Morgan fingerprint density at radius 1 is 1.25 bits per heavy atom. The maximum Gasteiger partial charge on any atom is 0.0896 e. The molecule has 1 unspecified atom stereocenters. The molecule has 0 fully saturated rings. The van der Waals surface area contributed by atoms with Crippen LogP contribution in [-0.2, 0) is 0 Å². The van der Waals surface area contributed by atoms with Gasteiger partial charge < -0.3 is 5.32 Å². The first-order valence-electron chi connectivity index (χ1n) is 6.72. The third-order valence-corrected chi connectivity index (χ3v) is 3.34. The van der Waals surface area contributed by atoms with Gasteiger partial charge in [0.05, 0.1) is 24.0 Å². The summed E-state index contributed by atoms with van der Waals surface area (Å²) in [6.45, 7) is 4.96. The van der Waals surface area contributed by atoms with E-state index in [-0.39, 0.29) is 6.04 Å². The quantitative estimate of drug-likeness (QED) is 0.787. The molecule has 1 atom stereocenters. The molecule has 0 aliphatic rings. The molecule has 0 saturated heterocycles. The summed E-state index contributed by atoms with van der Waals surface area (Å²) in [5.41, 5.74) is 4.28. The van der Waals surface area contributed by atoms with Crippen molar-refractivity contribution < 1.29 is 0 Å². The third-order valence-electron chi connectivity index (χ3n) is 3.34. The lowest BCUT2D eigenvalue weighted by molar-refractivity contribution is 0.631. The summed E-state index contributed by atoms with van der Waals surface area (Å²) in [6.07, 6.45) is 9.25. The van der Waals surface area contributed by atoms with Crippen LogP contribution in [0, 0.1) is 6.92 Å². The van der Waals surface area contributed by atoms with E-state index < -0.39 is 0 Å². The SMILES string of the molecule is CCNC(c1ccc(C)nc1)c1cnn2ccncc12. The van der Waals surface area contributed by atoms with Crippen molar-refractivity contribution >= 4 is 5.52 Å². The Kier molecular flexibility index (Phi) is 3.43. The van der Waals surface area contributed by atoms with Crippen LogP contribution in [0.5, 0.6) is 0 Å². The van der Waals surface area contributed by atoms with Gasteiger partial charge in [-0.25, -0.2) is 4.52 Å². The fourth-order valence-corrected chi connectivity index (χ4v) is 2.34. The van der Waals surface area contributed by atoms with Crippen molar-refractivity contribution in [1.82, 2.24) is 24.9 Å². The second-order valence-electron chi connectivity index (χ2n) is 4.73. The van der Waals surface area contributed by atoms with Gasteiger partial charge in [-0.15, -0.1) is 0 Å². The summed E-state index contributed by atoms with van der Waals surface area (Å²) < 4.78 is 1.84. The molecule has 0 radical (unpaired) electrons. The van der Waals surface area contributed by atoms with E-state index in [1.165, 1.54) is 0 Å². The van der Waals surface area contributed by atoms with E-state index in [2.05, 4.69) is 33.4 Å². The lowest BCUT2D eigenvalue weighted by atomic mass is 10.0. The first kappa shape index (κ1) is 12.7. The van der Waals surface area contributed by atoms with Crippen LogP contribution in [0.2, 0.25) is 0 Å². The molecule has 0 aromatic carbocycles. The van der Waals surface area contributed by atoms with Gasteiger partial charge in [0.15, 0.2) is 0 Å². The standard InChI is InChI=1S/C15H17N5/c1-3-17-15(12-5-4-11(2)18-8-12)13-9-19-20-7-6-16-10-14(13)20/h4-10,15,17H,3H2,1-2H3. The number of aromatic nitrogens is 4. The Labute approximate surface area is 117 Å². The summed E-state index contributed by atoms with van der Waals surface area (Å²) in [4.78, 5) is 8.58. The minimum atomic E-state index is 0.0785. The Hall–Kier alpha value is -2.27. The molecule has 0 spiro atoms. The lowest BCUT2D eigenvalue weighted by Gasteiger charge is -2.17. The zero-order chi connectivity index (χ0) is 13.9. The second kappa shape index (κ2) is 5.38. The van der Waals surface area contributed by atoms with Gasteiger partial charge in [0.1, 0.15) is 0 Å². The summed E-state index contributed by atoms with van der Waals surface area (Å²) in [5, 5.41) is 7.87. The van der Waals surface area contributed by atoms with E-state index in [9.17, 15) is 0 Å². The predicted molar refractivity (Wildman–Crippen MR) is 77.5 cm³/mol. The normalized spacial score (nSPS) is 12.7. The molecule has 1 N–H and O–H groups in total. The van der Waals surface area contributed by atoms with Crippen molar-refractivity contribution in [3.63, 3.8) is 0 Å². The van der Waals surface area contributed by atoms with E-state index in [0.29, 0.717) is 0 Å². The summed E-state index contributed by atoms with van der Waals surface area (Å²) in [5.74, 6) is 0. The van der Waals surface area contributed by atoms with Crippen LogP contribution in [0.4, 0.5) is 0 Å². The first-order valence-corrected chi connectivity index (χ1v) is 6.72. The Morgan fingerprint density at radius 2 is 2.15 bits per heavy atom. The smallest absolute Gasteiger partial charge is 0.0896 e. The van der Waals surface area contributed by atoms with Crippen LogP contribution >= 0.6 is 0 Å². The predicted octanol–water partition coefficient (Wildman–Crippen LogP) is 2.13. The molecule has 102 valence electrons.